The van der Waals surface area contributed by atoms with Gasteiger partial charge in [0.1, 0.15) is 0 Å². The van der Waals surface area contributed by atoms with E-state index in [4.69, 9.17) is 16.7 Å². The average molecular weight is 342 g/mol. The number of aliphatic carboxylic acids is 1. The number of hydrogen-bond donors (Lipinski definition) is 2. The van der Waals surface area contributed by atoms with Crippen molar-refractivity contribution in [2.24, 2.45) is 5.92 Å². The topological polar surface area (TPSA) is 66.4 Å². The van der Waals surface area contributed by atoms with Crippen molar-refractivity contribution in [3.8, 4) is 0 Å². The molecule has 0 bridgehead atoms. The fraction of sp³-hybridized carbons (Fsp3) is 0.556. The summed E-state index contributed by atoms with van der Waals surface area (Å²) in [6, 6.07) is 9.37. The van der Waals surface area contributed by atoms with Gasteiger partial charge in [-0.1, -0.05) is 38.0 Å². The standard InChI is InChI=1S/C10H19ClO2.C8H9NO/c1-3-4-9(7-10(12)13)6-5-8(2)11;1-7(10)9-8-5-3-2-4-6-8/h8-9H,3-7H2,1-2H3,(H,12,13);2-6H,1H3,(H,9,10). The minimum Gasteiger partial charge on any atom is -0.481 e. The summed E-state index contributed by atoms with van der Waals surface area (Å²) in [4.78, 5) is 21.0. The summed E-state index contributed by atoms with van der Waals surface area (Å²) >= 11 is 5.81. The number of rotatable bonds is 8. The second-order valence-electron chi connectivity index (χ2n) is 5.66. The van der Waals surface area contributed by atoms with Crippen LogP contribution in [0.5, 0.6) is 0 Å². The third kappa shape index (κ3) is 13.8. The Labute approximate surface area is 144 Å². The van der Waals surface area contributed by atoms with E-state index in [0.29, 0.717) is 5.92 Å². The van der Waals surface area contributed by atoms with E-state index >= 15 is 0 Å². The Morgan fingerprint density at radius 2 is 1.78 bits per heavy atom. The molecule has 0 aromatic heterocycles. The maximum atomic E-state index is 10.5. The molecule has 2 unspecified atom stereocenters. The molecule has 23 heavy (non-hydrogen) atoms. The third-order valence-corrected chi connectivity index (χ3v) is 3.45. The quantitative estimate of drug-likeness (QED) is 0.659. The first-order valence-electron chi connectivity index (χ1n) is 8.03. The Kier molecular flexibility index (Phi) is 12.1. The molecule has 5 heteroatoms. The molecular weight excluding hydrogens is 314 g/mol. The van der Waals surface area contributed by atoms with Crippen LogP contribution in [0.4, 0.5) is 5.69 Å². The highest BCUT2D eigenvalue weighted by molar-refractivity contribution is 6.20. The van der Waals surface area contributed by atoms with Gasteiger partial charge in [0.05, 0.1) is 0 Å². The summed E-state index contributed by atoms with van der Waals surface area (Å²) < 4.78 is 0. The number of amides is 1. The lowest BCUT2D eigenvalue weighted by Crippen LogP contribution is -2.09. The highest BCUT2D eigenvalue weighted by atomic mass is 35.5. The van der Waals surface area contributed by atoms with Crippen LogP contribution in [0.1, 0.15) is 52.9 Å². The largest absolute Gasteiger partial charge is 0.481 e. The van der Waals surface area contributed by atoms with Crippen LogP contribution in [0, 0.1) is 5.92 Å². The lowest BCUT2D eigenvalue weighted by Gasteiger charge is -2.13. The maximum Gasteiger partial charge on any atom is 0.303 e. The molecule has 0 spiro atoms. The smallest absolute Gasteiger partial charge is 0.303 e. The minimum absolute atomic E-state index is 0.0359. The van der Waals surface area contributed by atoms with Crippen molar-refractivity contribution in [2.75, 3.05) is 5.32 Å². The van der Waals surface area contributed by atoms with Gasteiger partial charge in [-0.05, 0) is 37.8 Å². The van der Waals surface area contributed by atoms with Crippen molar-refractivity contribution in [3.05, 3.63) is 30.3 Å². The van der Waals surface area contributed by atoms with Crippen molar-refractivity contribution in [1.29, 1.82) is 0 Å². The number of carbonyl (C=O) groups is 2. The zero-order chi connectivity index (χ0) is 17.7. The van der Waals surface area contributed by atoms with E-state index in [0.717, 1.165) is 31.4 Å². The van der Waals surface area contributed by atoms with Crippen LogP contribution in [-0.2, 0) is 9.59 Å². The molecule has 0 aliphatic rings. The Morgan fingerprint density at radius 3 is 2.22 bits per heavy atom. The molecule has 2 atom stereocenters. The van der Waals surface area contributed by atoms with E-state index in [2.05, 4.69) is 12.2 Å². The number of anilines is 1. The van der Waals surface area contributed by atoms with Gasteiger partial charge < -0.3 is 10.4 Å². The van der Waals surface area contributed by atoms with Gasteiger partial charge in [-0.25, -0.2) is 0 Å². The highest BCUT2D eigenvalue weighted by Crippen LogP contribution is 2.20. The lowest BCUT2D eigenvalue weighted by atomic mass is 9.94. The van der Waals surface area contributed by atoms with Gasteiger partial charge in [-0.2, -0.15) is 0 Å². The molecule has 0 radical (unpaired) electrons. The van der Waals surface area contributed by atoms with E-state index in [1.807, 2.05) is 37.3 Å². The van der Waals surface area contributed by atoms with Gasteiger partial charge in [0, 0.05) is 24.4 Å². The van der Waals surface area contributed by atoms with Crippen LogP contribution in [0.2, 0.25) is 0 Å². The molecule has 2 N–H and O–H groups in total. The summed E-state index contributed by atoms with van der Waals surface area (Å²) in [7, 11) is 0. The van der Waals surface area contributed by atoms with Crippen molar-refractivity contribution in [2.45, 2.75) is 58.3 Å². The van der Waals surface area contributed by atoms with Crippen LogP contribution in [0.25, 0.3) is 0 Å². The Balaban J connectivity index is 0.000000433. The number of benzene rings is 1. The van der Waals surface area contributed by atoms with Crippen LogP contribution in [0.3, 0.4) is 0 Å². The predicted octanol–water partition coefficient (Wildman–Crippen LogP) is 4.93. The first-order valence-corrected chi connectivity index (χ1v) is 8.47. The number of alkyl halides is 1. The second-order valence-corrected chi connectivity index (χ2v) is 6.40. The number of halogens is 1. The van der Waals surface area contributed by atoms with Crippen LogP contribution >= 0.6 is 11.6 Å². The van der Waals surface area contributed by atoms with E-state index < -0.39 is 5.97 Å². The second kappa shape index (κ2) is 12.9. The number of carboxylic acid groups (broad SMARTS) is 1. The molecule has 0 saturated heterocycles. The lowest BCUT2D eigenvalue weighted by molar-refractivity contribution is -0.138. The molecule has 0 aliphatic heterocycles. The summed E-state index contributed by atoms with van der Waals surface area (Å²) in [6.45, 7) is 5.53. The first-order chi connectivity index (χ1) is 10.8. The number of carboxylic acids is 1. The minimum atomic E-state index is -0.694. The van der Waals surface area contributed by atoms with Gasteiger partial charge in [0.15, 0.2) is 0 Å². The normalized spacial score (nSPS) is 12.5. The molecule has 1 rings (SSSR count). The number of para-hydroxylation sites is 1. The van der Waals surface area contributed by atoms with Crippen LogP contribution < -0.4 is 5.32 Å². The zero-order valence-corrected chi connectivity index (χ0v) is 15.0. The van der Waals surface area contributed by atoms with Gasteiger partial charge >= 0.3 is 5.97 Å². The van der Waals surface area contributed by atoms with E-state index in [1.54, 1.807) is 0 Å². The van der Waals surface area contributed by atoms with Crippen LogP contribution in [-0.4, -0.2) is 22.4 Å². The Morgan fingerprint density at radius 1 is 1.17 bits per heavy atom. The van der Waals surface area contributed by atoms with Crippen molar-refractivity contribution < 1.29 is 14.7 Å². The van der Waals surface area contributed by atoms with Gasteiger partial charge in [0.2, 0.25) is 5.91 Å². The number of nitrogens with one attached hydrogen (secondary N) is 1. The SMILES string of the molecule is CC(=O)Nc1ccccc1.CCCC(CCC(C)Cl)CC(=O)O. The summed E-state index contributed by atoms with van der Waals surface area (Å²) in [5.41, 5.74) is 0.843. The molecule has 4 nitrogen and oxygen atoms in total. The third-order valence-electron chi connectivity index (χ3n) is 3.23. The van der Waals surface area contributed by atoms with Crippen molar-refractivity contribution in [1.82, 2.24) is 0 Å². The first kappa shape index (κ1) is 21.4. The monoisotopic (exact) mass is 341 g/mol. The summed E-state index contributed by atoms with van der Waals surface area (Å²) in [6.07, 6.45) is 4.19. The van der Waals surface area contributed by atoms with Gasteiger partial charge in [-0.3, -0.25) is 9.59 Å². The molecule has 0 saturated carbocycles. The fourth-order valence-corrected chi connectivity index (χ4v) is 2.32. The molecule has 0 aliphatic carbocycles. The van der Waals surface area contributed by atoms with Crippen LogP contribution in [0.15, 0.2) is 30.3 Å². The molecule has 1 aromatic carbocycles. The zero-order valence-electron chi connectivity index (χ0n) is 14.2. The van der Waals surface area contributed by atoms with Crippen molar-refractivity contribution in [3.63, 3.8) is 0 Å². The number of carbonyl (C=O) groups excluding carboxylic acids is 1. The molecule has 0 fully saturated rings. The maximum absolute atomic E-state index is 10.5. The molecule has 130 valence electrons. The average Bonchev–Trinajstić information content (AvgIpc) is 2.45. The van der Waals surface area contributed by atoms with Crippen molar-refractivity contribution >= 4 is 29.2 Å². The van der Waals surface area contributed by atoms with Gasteiger partial charge in [-0.15, -0.1) is 11.6 Å². The van der Waals surface area contributed by atoms with Gasteiger partial charge in [0.25, 0.3) is 0 Å². The van der Waals surface area contributed by atoms with E-state index in [9.17, 15) is 9.59 Å². The Bertz CT molecular complexity index is 449. The van der Waals surface area contributed by atoms with E-state index in [-0.39, 0.29) is 17.7 Å². The summed E-state index contributed by atoms with van der Waals surface area (Å²) in [5.74, 6) is -0.421. The van der Waals surface area contributed by atoms with E-state index in [1.165, 1.54) is 6.92 Å². The highest BCUT2D eigenvalue weighted by Gasteiger charge is 2.12. The fourth-order valence-electron chi connectivity index (χ4n) is 2.19. The molecule has 0 heterocycles. The molecular formula is C18H28ClNO3. The molecule has 1 amide bonds. The number of hydrogen-bond acceptors (Lipinski definition) is 2. The molecule has 1 aromatic rings. The predicted molar refractivity (Wildman–Crippen MR) is 95.9 cm³/mol. The Hall–Kier alpha value is -1.55. The summed E-state index contributed by atoms with van der Waals surface area (Å²) in [5, 5.41) is 11.5.